The molecule has 2 aromatic carbocycles. The summed E-state index contributed by atoms with van der Waals surface area (Å²) in [6.45, 7) is 2.22. The average Bonchev–Trinajstić information content (AvgIpc) is 3.33. The topological polar surface area (TPSA) is 71.1 Å². The van der Waals surface area contributed by atoms with Gasteiger partial charge in [0.2, 0.25) is 12.7 Å². The SMILES string of the molecule is O=C1[C@@H]2CCCN(C(=O)NCCc3ccccc3)[C@@H]2C[C@@H]2c3c(ccc4c3OCO4)CCN12. The number of hydrogen-bond donors (Lipinski definition) is 1. The van der Waals surface area contributed by atoms with Crippen molar-refractivity contribution in [3.63, 3.8) is 0 Å². The lowest BCUT2D eigenvalue weighted by molar-refractivity contribution is -0.148. The highest BCUT2D eigenvalue weighted by molar-refractivity contribution is 5.84. The minimum atomic E-state index is -0.120. The van der Waals surface area contributed by atoms with Gasteiger partial charge in [0.1, 0.15) is 0 Å². The average molecular weight is 448 g/mol. The molecule has 0 spiro atoms. The van der Waals surface area contributed by atoms with Crippen molar-refractivity contribution in [2.75, 3.05) is 26.4 Å². The molecule has 7 heteroatoms. The maximum absolute atomic E-state index is 13.6. The quantitative estimate of drug-likeness (QED) is 0.784. The van der Waals surface area contributed by atoms with Crippen LogP contribution in [0.4, 0.5) is 4.79 Å². The standard InChI is InChI=1S/C26H29N3O4/c30-25-19-7-4-13-29(26(31)27-12-10-17-5-2-1-3-6-17)20(19)15-21-23-18(11-14-28(21)25)8-9-22-24(23)33-16-32-22/h1-3,5-6,8-9,19-21H,4,7,10-16H2,(H,27,31)/t19-,20-,21-/m1/s1. The van der Waals surface area contributed by atoms with E-state index in [0.717, 1.165) is 55.7 Å². The Morgan fingerprint density at radius 1 is 1.09 bits per heavy atom. The summed E-state index contributed by atoms with van der Waals surface area (Å²) in [6.07, 6.45) is 4.08. The lowest BCUT2D eigenvalue weighted by Crippen LogP contribution is -2.61. The summed E-state index contributed by atoms with van der Waals surface area (Å²) in [5.74, 6) is 1.60. The molecule has 2 saturated heterocycles. The molecule has 4 aliphatic heterocycles. The van der Waals surface area contributed by atoms with Gasteiger partial charge >= 0.3 is 6.03 Å². The number of ether oxygens (including phenoxy) is 2. The van der Waals surface area contributed by atoms with Crippen LogP contribution in [0, 0.1) is 5.92 Å². The fourth-order valence-electron chi connectivity index (χ4n) is 6.07. The zero-order valence-corrected chi connectivity index (χ0v) is 18.7. The van der Waals surface area contributed by atoms with Crippen LogP contribution in [0.25, 0.3) is 0 Å². The molecule has 1 N–H and O–H groups in total. The van der Waals surface area contributed by atoms with Crippen LogP contribution < -0.4 is 14.8 Å². The molecular formula is C26H29N3O4. The van der Waals surface area contributed by atoms with Crippen LogP contribution in [0.1, 0.15) is 42.0 Å². The van der Waals surface area contributed by atoms with Gasteiger partial charge in [-0.1, -0.05) is 36.4 Å². The summed E-state index contributed by atoms with van der Waals surface area (Å²) in [5, 5.41) is 3.10. The summed E-state index contributed by atoms with van der Waals surface area (Å²) in [6, 6.07) is 14.0. The Labute approximate surface area is 193 Å². The molecule has 4 heterocycles. The van der Waals surface area contributed by atoms with Crippen LogP contribution in [-0.2, 0) is 17.6 Å². The number of benzene rings is 2. The predicted molar refractivity (Wildman–Crippen MR) is 122 cm³/mol. The summed E-state index contributed by atoms with van der Waals surface area (Å²) in [4.78, 5) is 30.7. The van der Waals surface area contributed by atoms with Crippen molar-refractivity contribution < 1.29 is 19.1 Å². The van der Waals surface area contributed by atoms with E-state index in [-0.39, 0.29) is 36.7 Å². The molecule has 2 fully saturated rings. The molecule has 7 nitrogen and oxygen atoms in total. The van der Waals surface area contributed by atoms with Crippen LogP contribution in [0.5, 0.6) is 11.5 Å². The molecule has 0 bridgehead atoms. The fourth-order valence-corrected chi connectivity index (χ4v) is 6.07. The Bertz CT molecular complexity index is 1070. The van der Waals surface area contributed by atoms with Crippen molar-refractivity contribution in [3.8, 4) is 11.5 Å². The normalized spacial score (nSPS) is 25.2. The largest absolute Gasteiger partial charge is 0.454 e. The third-order valence-corrected chi connectivity index (χ3v) is 7.64. The molecule has 0 aliphatic carbocycles. The summed E-state index contributed by atoms with van der Waals surface area (Å²) < 4.78 is 11.5. The van der Waals surface area contributed by atoms with Gasteiger partial charge in [-0.05, 0) is 49.3 Å². The van der Waals surface area contributed by atoms with Gasteiger partial charge in [-0.25, -0.2) is 4.79 Å². The maximum Gasteiger partial charge on any atom is 0.317 e. The number of amides is 3. The van der Waals surface area contributed by atoms with Gasteiger partial charge in [0.25, 0.3) is 0 Å². The van der Waals surface area contributed by atoms with Crippen molar-refractivity contribution in [2.45, 2.75) is 44.2 Å². The second kappa shape index (κ2) is 8.28. The number of carbonyl (C=O) groups excluding carboxylic acids is 2. The Balaban J connectivity index is 1.23. The highest BCUT2D eigenvalue weighted by Crippen LogP contribution is 2.50. The van der Waals surface area contributed by atoms with Gasteiger partial charge in [0, 0.05) is 31.2 Å². The van der Waals surface area contributed by atoms with Crippen LogP contribution in [-0.4, -0.2) is 54.2 Å². The molecule has 0 radical (unpaired) electrons. The molecular weight excluding hydrogens is 418 g/mol. The number of hydrogen-bond acceptors (Lipinski definition) is 4. The van der Waals surface area contributed by atoms with Gasteiger partial charge in [0.15, 0.2) is 11.5 Å². The first-order valence-electron chi connectivity index (χ1n) is 12.0. The zero-order valence-electron chi connectivity index (χ0n) is 18.7. The molecule has 0 saturated carbocycles. The smallest absolute Gasteiger partial charge is 0.317 e. The third kappa shape index (κ3) is 3.50. The van der Waals surface area contributed by atoms with E-state index >= 15 is 0 Å². The Morgan fingerprint density at radius 3 is 2.85 bits per heavy atom. The first-order chi connectivity index (χ1) is 16.2. The van der Waals surface area contributed by atoms with Crippen molar-refractivity contribution in [1.29, 1.82) is 0 Å². The highest BCUT2D eigenvalue weighted by Gasteiger charge is 2.49. The van der Waals surface area contributed by atoms with Crippen LogP contribution in [0.15, 0.2) is 42.5 Å². The van der Waals surface area contributed by atoms with Crippen molar-refractivity contribution in [1.82, 2.24) is 15.1 Å². The lowest BCUT2D eigenvalue weighted by Gasteiger charge is -2.51. The number of piperidine rings is 2. The first-order valence-corrected chi connectivity index (χ1v) is 12.0. The van der Waals surface area contributed by atoms with Crippen LogP contribution >= 0.6 is 0 Å². The molecule has 172 valence electrons. The lowest BCUT2D eigenvalue weighted by atomic mass is 9.76. The monoisotopic (exact) mass is 447 g/mol. The minimum Gasteiger partial charge on any atom is -0.454 e. The van der Waals surface area contributed by atoms with Gasteiger partial charge in [-0.3, -0.25) is 4.79 Å². The predicted octanol–water partition coefficient (Wildman–Crippen LogP) is 3.28. The van der Waals surface area contributed by atoms with Gasteiger partial charge in [-0.2, -0.15) is 0 Å². The fraction of sp³-hybridized carbons (Fsp3) is 0.462. The molecule has 6 rings (SSSR count). The summed E-state index contributed by atoms with van der Waals surface area (Å²) >= 11 is 0. The van der Waals surface area contributed by atoms with Crippen LogP contribution in [0.2, 0.25) is 0 Å². The second-order valence-corrected chi connectivity index (χ2v) is 9.38. The number of rotatable bonds is 3. The molecule has 4 aliphatic rings. The van der Waals surface area contributed by atoms with Crippen molar-refractivity contribution in [2.24, 2.45) is 5.92 Å². The Kier molecular flexibility index (Phi) is 5.12. The Morgan fingerprint density at radius 2 is 1.97 bits per heavy atom. The first kappa shape index (κ1) is 20.4. The van der Waals surface area contributed by atoms with E-state index in [4.69, 9.17) is 9.47 Å². The second-order valence-electron chi connectivity index (χ2n) is 9.38. The maximum atomic E-state index is 13.6. The van der Waals surface area contributed by atoms with E-state index in [1.807, 2.05) is 34.1 Å². The van der Waals surface area contributed by atoms with Gasteiger partial charge in [0.05, 0.1) is 12.0 Å². The number of urea groups is 1. The summed E-state index contributed by atoms with van der Waals surface area (Å²) in [7, 11) is 0. The summed E-state index contributed by atoms with van der Waals surface area (Å²) in [5.41, 5.74) is 3.51. The van der Waals surface area contributed by atoms with E-state index in [1.165, 1.54) is 11.1 Å². The van der Waals surface area contributed by atoms with Crippen LogP contribution in [0.3, 0.4) is 0 Å². The number of fused-ring (bicyclic) bond motifs is 6. The molecule has 2 aromatic rings. The molecule has 33 heavy (non-hydrogen) atoms. The van der Waals surface area contributed by atoms with Crippen molar-refractivity contribution >= 4 is 11.9 Å². The molecule has 0 aromatic heterocycles. The molecule has 3 amide bonds. The number of carbonyl (C=O) groups is 2. The van der Waals surface area contributed by atoms with E-state index in [9.17, 15) is 9.59 Å². The van der Waals surface area contributed by atoms with E-state index in [1.54, 1.807) is 0 Å². The minimum absolute atomic E-state index is 0.0595. The number of nitrogens with one attached hydrogen (secondary N) is 1. The molecule has 3 atom stereocenters. The molecule has 0 unspecified atom stereocenters. The number of nitrogens with zero attached hydrogens (tertiary/aromatic N) is 2. The van der Waals surface area contributed by atoms with Crippen molar-refractivity contribution in [3.05, 3.63) is 59.2 Å². The highest BCUT2D eigenvalue weighted by atomic mass is 16.7. The van der Waals surface area contributed by atoms with Gasteiger partial charge in [-0.15, -0.1) is 0 Å². The third-order valence-electron chi connectivity index (χ3n) is 7.64. The van der Waals surface area contributed by atoms with Gasteiger partial charge < -0.3 is 24.6 Å². The van der Waals surface area contributed by atoms with E-state index in [2.05, 4.69) is 23.5 Å². The van der Waals surface area contributed by atoms with E-state index in [0.29, 0.717) is 13.1 Å². The zero-order chi connectivity index (χ0) is 22.4. The van der Waals surface area contributed by atoms with E-state index < -0.39 is 0 Å². The number of likely N-dealkylation sites (tertiary alicyclic amines) is 1. The Hall–Kier alpha value is -3.22.